The molecule has 0 aromatic heterocycles. The summed E-state index contributed by atoms with van der Waals surface area (Å²) in [4.78, 5) is 11.4. The van der Waals surface area contributed by atoms with Crippen LogP contribution in [0.1, 0.15) is 30.9 Å². The Hall–Kier alpha value is -2.27. The number of ether oxygens (including phenoxy) is 1. The topological polar surface area (TPSA) is 26.3 Å². The van der Waals surface area contributed by atoms with Crippen LogP contribution < -0.4 is 0 Å². The minimum absolute atomic E-state index is 0.383. The van der Waals surface area contributed by atoms with Crippen molar-refractivity contribution in [3.63, 3.8) is 0 Å². The molecule has 0 radical (unpaired) electrons. The van der Waals surface area contributed by atoms with Crippen LogP contribution in [-0.4, -0.2) is 5.97 Å². The number of rotatable bonds is 7. The van der Waals surface area contributed by atoms with Crippen LogP contribution in [0.2, 0.25) is 0 Å². The fourth-order valence-corrected chi connectivity index (χ4v) is 2.21. The zero-order valence-corrected chi connectivity index (χ0v) is 11.9. The lowest BCUT2D eigenvalue weighted by molar-refractivity contribution is -0.152. The first-order chi connectivity index (χ1) is 9.59. The van der Waals surface area contributed by atoms with E-state index < -0.39 is 11.6 Å². The molecule has 0 N–H and O–H groups in total. The Morgan fingerprint density at radius 2 is 2.10 bits per heavy atom. The number of esters is 1. The standard InChI is InChI=1S/C18H20O2/c1-5-8-11-16-12-9-10-13-17(16)18(7-3,14-6-2)20-15(4)19/h3,5-6,9-10,12-13H,1-2,8,11,14H2,4H3. The van der Waals surface area contributed by atoms with Gasteiger partial charge in [0, 0.05) is 18.9 Å². The summed E-state index contributed by atoms with van der Waals surface area (Å²) < 4.78 is 5.46. The zero-order chi connectivity index (χ0) is 15.0. The van der Waals surface area contributed by atoms with Crippen molar-refractivity contribution in [3.05, 3.63) is 60.7 Å². The van der Waals surface area contributed by atoms with Crippen molar-refractivity contribution in [2.75, 3.05) is 0 Å². The molecule has 0 amide bonds. The van der Waals surface area contributed by atoms with Gasteiger partial charge < -0.3 is 4.74 Å². The molecule has 0 fully saturated rings. The molecule has 0 saturated heterocycles. The van der Waals surface area contributed by atoms with Gasteiger partial charge in [-0.15, -0.1) is 19.6 Å². The minimum Gasteiger partial charge on any atom is -0.441 e. The predicted molar refractivity (Wildman–Crippen MR) is 82.1 cm³/mol. The van der Waals surface area contributed by atoms with E-state index in [-0.39, 0.29) is 0 Å². The molecule has 2 nitrogen and oxygen atoms in total. The third-order valence-corrected chi connectivity index (χ3v) is 3.05. The Labute approximate surface area is 121 Å². The van der Waals surface area contributed by atoms with Crippen LogP contribution in [0.5, 0.6) is 0 Å². The number of allylic oxidation sites excluding steroid dienone is 1. The lowest BCUT2D eigenvalue weighted by Gasteiger charge is -2.29. The summed E-state index contributed by atoms with van der Waals surface area (Å²) in [6.45, 7) is 8.81. The number of terminal acetylenes is 1. The van der Waals surface area contributed by atoms with Crippen molar-refractivity contribution in [2.45, 2.75) is 31.8 Å². The van der Waals surface area contributed by atoms with E-state index in [0.717, 1.165) is 24.0 Å². The van der Waals surface area contributed by atoms with E-state index in [1.165, 1.54) is 6.92 Å². The number of hydrogen-bond acceptors (Lipinski definition) is 2. The highest BCUT2D eigenvalue weighted by Gasteiger charge is 2.34. The maximum Gasteiger partial charge on any atom is 0.304 e. The first kappa shape index (κ1) is 15.8. The summed E-state index contributed by atoms with van der Waals surface area (Å²) >= 11 is 0. The van der Waals surface area contributed by atoms with Gasteiger partial charge in [0.1, 0.15) is 0 Å². The van der Waals surface area contributed by atoms with Crippen LogP contribution in [0.25, 0.3) is 0 Å². The Morgan fingerprint density at radius 3 is 2.65 bits per heavy atom. The lowest BCUT2D eigenvalue weighted by Crippen LogP contribution is -2.31. The van der Waals surface area contributed by atoms with Gasteiger partial charge >= 0.3 is 5.97 Å². The molecule has 0 aliphatic rings. The highest BCUT2D eigenvalue weighted by Crippen LogP contribution is 2.33. The third kappa shape index (κ3) is 3.61. The van der Waals surface area contributed by atoms with Gasteiger partial charge in [0.15, 0.2) is 0 Å². The van der Waals surface area contributed by atoms with Crippen LogP contribution in [0.15, 0.2) is 49.6 Å². The fraction of sp³-hybridized carbons (Fsp3) is 0.278. The van der Waals surface area contributed by atoms with Crippen LogP contribution >= 0.6 is 0 Å². The third-order valence-electron chi connectivity index (χ3n) is 3.05. The van der Waals surface area contributed by atoms with Crippen molar-refractivity contribution < 1.29 is 9.53 Å². The molecule has 0 heterocycles. The summed E-state index contributed by atoms with van der Waals surface area (Å²) in [5.41, 5.74) is 0.832. The summed E-state index contributed by atoms with van der Waals surface area (Å²) in [7, 11) is 0. The average molecular weight is 268 g/mol. The molecule has 0 spiro atoms. The molecule has 20 heavy (non-hydrogen) atoms. The van der Waals surface area contributed by atoms with Crippen LogP contribution in [-0.2, 0) is 21.6 Å². The number of carbonyl (C=O) groups excluding carboxylic acids is 1. The van der Waals surface area contributed by atoms with Gasteiger partial charge in [0.05, 0.1) is 0 Å². The van der Waals surface area contributed by atoms with E-state index in [2.05, 4.69) is 19.1 Å². The van der Waals surface area contributed by atoms with Gasteiger partial charge in [-0.25, -0.2) is 0 Å². The van der Waals surface area contributed by atoms with Crippen molar-refractivity contribution in [1.82, 2.24) is 0 Å². The first-order valence-corrected chi connectivity index (χ1v) is 6.57. The highest BCUT2D eigenvalue weighted by atomic mass is 16.6. The second kappa shape index (κ2) is 7.35. The molecule has 1 rings (SSSR count). The molecule has 104 valence electrons. The molecule has 2 heteroatoms. The van der Waals surface area contributed by atoms with Crippen molar-refractivity contribution in [2.24, 2.45) is 0 Å². The molecule has 1 aromatic carbocycles. The molecule has 0 aliphatic heterocycles. The van der Waals surface area contributed by atoms with Crippen LogP contribution in [0.3, 0.4) is 0 Å². The Bertz CT molecular complexity index is 537. The van der Waals surface area contributed by atoms with Crippen molar-refractivity contribution in [3.8, 4) is 12.3 Å². The van der Waals surface area contributed by atoms with E-state index in [1.54, 1.807) is 6.08 Å². The van der Waals surface area contributed by atoms with E-state index in [4.69, 9.17) is 11.2 Å². The van der Waals surface area contributed by atoms with E-state index in [1.807, 2.05) is 30.3 Å². The van der Waals surface area contributed by atoms with Gasteiger partial charge in [-0.1, -0.05) is 42.3 Å². The normalized spacial score (nSPS) is 12.8. The number of benzene rings is 1. The molecular weight excluding hydrogens is 248 g/mol. The van der Waals surface area contributed by atoms with Gasteiger partial charge in [-0.3, -0.25) is 4.79 Å². The first-order valence-electron chi connectivity index (χ1n) is 6.57. The lowest BCUT2D eigenvalue weighted by atomic mass is 9.86. The molecule has 1 atom stereocenters. The van der Waals surface area contributed by atoms with Gasteiger partial charge in [0.25, 0.3) is 0 Å². The summed E-state index contributed by atoms with van der Waals surface area (Å²) in [6.07, 6.45) is 11.2. The Kier molecular flexibility index (Phi) is 5.80. The van der Waals surface area contributed by atoms with E-state index in [0.29, 0.717) is 6.42 Å². The molecule has 0 bridgehead atoms. The van der Waals surface area contributed by atoms with Crippen LogP contribution in [0.4, 0.5) is 0 Å². The highest BCUT2D eigenvalue weighted by molar-refractivity contribution is 5.67. The maximum atomic E-state index is 11.4. The minimum atomic E-state index is -1.08. The SMILES string of the molecule is C#CC(CC=C)(OC(C)=O)c1ccccc1CCC=C. The fourth-order valence-electron chi connectivity index (χ4n) is 2.21. The zero-order valence-electron chi connectivity index (χ0n) is 11.9. The molecule has 1 unspecified atom stereocenters. The molecule has 0 saturated carbocycles. The largest absolute Gasteiger partial charge is 0.441 e. The van der Waals surface area contributed by atoms with Gasteiger partial charge in [-0.05, 0) is 18.4 Å². The van der Waals surface area contributed by atoms with Gasteiger partial charge in [0.2, 0.25) is 5.60 Å². The van der Waals surface area contributed by atoms with Crippen molar-refractivity contribution >= 4 is 5.97 Å². The van der Waals surface area contributed by atoms with Gasteiger partial charge in [-0.2, -0.15) is 0 Å². The maximum absolute atomic E-state index is 11.4. The number of carbonyl (C=O) groups is 1. The van der Waals surface area contributed by atoms with E-state index in [9.17, 15) is 4.79 Å². The monoisotopic (exact) mass is 268 g/mol. The quantitative estimate of drug-likeness (QED) is 0.427. The molecule has 1 aromatic rings. The molecule has 0 aliphatic carbocycles. The second-order valence-electron chi connectivity index (χ2n) is 4.54. The summed E-state index contributed by atoms with van der Waals surface area (Å²) in [5.74, 6) is 2.24. The smallest absolute Gasteiger partial charge is 0.304 e. The Balaban J connectivity index is 3.32. The summed E-state index contributed by atoms with van der Waals surface area (Å²) in [5, 5.41) is 0. The number of hydrogen-bond donors (Lipinski definition) is 0. The Morgan fingerprint density at radius 1 is 1.40 bits per heavy atom. The van der Waals surface area contributed by atoms with Crippen molar-refractivity contribution in [1.29, 1.82) is 0 Å². The van der Waals surface area contributed by atoms with Crippen LogP contribution in [0, 0.1) is 12.3 Å². The second-order valence-corrected chi connectivity index (χ2v) is 4.54. The average Bonchev–Trinajstić information content (AvgIpc) is 2.44. The van der Waals surface area contributed by atoms with E-state index >= 15 is 0 Å². The summed E-state index contributed by atoms with van der Waals surface area (Å²) in [6, 6.07) is 7.75. The number of aryl methyl sites for hydroxylation is 1. The molecular formula is C18H20O2. The predicted octanol–water partition coefficient (Wildman–Crippen LogP) is 3.77.